The van der Waals surface area contributed by atoms with Crippen molar-refractivity contribution in [2.75, 3.05) is 27.2 Å². The Kier molecular flexibility index (Phi) is 5.60. The van der Waals surface area contributed by atoms with Crippen LogP contribution < -0.4 is 0 Å². The van der Waals surface area contributed by atoms with E-state index in [9.17, 15) is 14.7 Å². The minimum atomic E-state index is -0.725. The monoisotopic (exact) mass is 383 g/mol. The van der Waals surface area contributed by atoms with E-state index < -0.39 is 17.7 Å². The molecule has 1 aliphatic rings. The fraction of sp³-hybridized carbons (Fsp3) is 0.400. The number of pyridine rings is 1. The van der Waals surface area contributed by atoms with Gasteiger partial charge in [-0.25, -0.2) is 0 Å². The molecule has 0 unspecified atom stereocenters. The van der Waals surface area contributed by atoms with Gasteiger partial charge in [0, 0.05) is 18.4 Å². The number of hydrogen-bond acceptors (Lipinski definition) is 6. The highest BCUT2D eigenvalue weighted by Crippen LogP contribution is 2.39. The molecular formula is C20H25N5O3. The van der Waals surface area contributed by atoms with Crippen molar-refractivity contribution in [2.24, 2.45) is 0 Å². The zero-order valence-corrected chi connectivity index (χ0v) is 16.6. The summed E-state index contributed by atoms with van der Waals surface area (Å²) in [5, 5.41) is 17.9. The summed E-state index contributed by atoms with van der Waals surface area (Å²) in [4.78, 5) is 33.5. The van der Waals surface area contributed by atoms with E-state index in [2.05, 4.69) is 15.2 Å². The number of Topliss-reactive ketones (excluding diaryl/α,β-unsaturated/α-hetero) is 1. The smallest absolute Gasteiger partial charge is 0.295 e. The molecule has 0 aromatic carbocycles. The number of aliphatic hydroxyl groups is 1. The standard InChI is InChI=1S/C20H25N5O3/c1-12-15(13(2)23-22-12)18(26)16-17(14-8-5-6-9-21-14)25(20(28)19(16)27)11-7-10-24(3)4/h5-6,8-9,17,26H,7,10-11H2,1-4H3,(H,22,23)/t17-/m0/s1. The molecule has 3 rings (SSSR count). The molecule has 1 saturated heterocycles. The molecule has 3 heterocycles. The number of nitrogens with one attached hydrogen (secondary N) is 1. The molecule has 148 valence electrons. The van der Waals surface area contributed by atoms with Crippen LogP contribution in [0.5, 0.6) is 0 Å². The normalized spacial score (nSPS) is 19.0. The summed E-state index contributed by atoms with van der Waals surface area (Å²) < 4.78 is 0. The number of likely N-dealkylation sites (tertiary alicyclic amines) is 1. The van der Waals surface area contributed by atoms with E-state index in [0.29, 0.717) is 35.6 Å². The Morgan fingerprint density at radius 2 is 2.04 bits per heavy atom. The van der Waals surface area contributed by atoms with Gasteiger partial charge in [0.25, 0.3) is 11.7 Å². The second-order valence-electron chi connectivity index (χ2n) is 7.21. The van der Waals surface area contributed by atoms with Crippen LogP contribution in [-0.2, 0) is 9.59 Å². The van der Waals surface area contributed by atoms with Crippen LogP contribution in [0.15, 0.2) is 30.0 Å². The van der Waals surface area contributed by atoms with Crippen molar-refractivity contribution in [1.29, 1.82) is 0 Å². The third-order valence-corrected chi connectivity index (χ3v) is 4.88. The molecule has 1 amide bonds. The minimum Gasteiger partial charge on any atom is -0.507 e. The van der Waals surface area contributed by atoms with Crippen LogP contribution in [0.1, 0.15) is 35.1 Å². The Morgan fingerprint density at radius 1 is 1.29 bits per heavy atom. The molecule has 8 heteroatoms. The zero-order chi connectivity index (χ0) is 20.4. The van der Waals surface area contributed by atoms with E-state index in [1.165, 1.54) is 4.90 Å². The number of aryl methyl sites for hydroxylation is 2. The number of nitrogens with zero attached hydrogens (tertiary/aromatic N) is 4. The highest BCUT2D eigenvalue weighted by molar-refractivity contribution is 6.46. The number of carbonyl (C=O) groups is 2. The lowest BCUT2D eigenvalue weighted by atomic mass is 9.97. The summed E-state index contributed by atoms with van der Waals surface area (Å²) in [6.45, 7) is 4.67. The van der Waals surface area contributed by atoms with Gasteiger partial charge in [-0.15, -0.1) is 0 Å². The van der Waals surface area contributed by atoms with Gasteiger partial charge in [-0.05, 0) is 53.0 Å². The third kappa shape index (κ3) is 3.55. The molecule has 0 spiro atoms. The van der Waals surface area contributed by atoms with Crippen molar-refractivity contribution in [3.05, 3.63) is 52.6 Å². The van der Waals surface area contributed by atoms with Crippen molar-refractivity contribution in [3.63, 3.8) is 0 Å². The van der Waals surface area contributed by atoms with E-state index in [-0.39, 0.29) is 11.3 Å². The highest BCUT2D eigenvalue weighted by Gasteiger charge is 2.46. The molecule has 2 N–H and O–H groups in total. The van der Waals surface area contributed by atoms with Crippen molar-refractivity contribution in [3.8, 4) is 0 Å². The quantitative estimate of drug-likeness (QED) is 0.448. The van der Waals surface area contributed by atoms with Crippen molar-refractivity contribution in [1.82, 2.24) is 25.0 Å². The molecule has 0 bridgehead atoms. The van der Waals surface area contributed by atoms with Crippen LogP contribution in [0, 0.1) is 13.8 Å². The van der Waals surface area contributed by atoms with E-state index in [1.54, 1.807) is 38.2 Å². The van der Waals surface area contributed by atoms with Gasteiger partial charge in [0.05, 0.1) is 22.5 Å². The van der Waals surface area contributed by atoms with Crippen molar-refractivity contribution >= 4 is 17.4 Å². The molecule has 1 aliphatic heterocycles. The molecule has 8 nitrogen and oxygen atoms in total. The second kappa shape index (κ2) is 7.93. The lowest BCUT2D eigenvalue weighted by Crippen LogP contribution is -2.32. The highest BCUT2D eigenvalue weighted by atomic mass is 16.3. The zero-order valence-electron chi connectivity index (χ0n) is 16.6. The number of ketones is 1. The van der Waals surface area contributed by atoms with Gasteiger partial charge in [-0.1, -0.05) is 6.07 Å². The fourth-order valence-corrected chi connectivity index (χ4v) is 3.55. The largest absolute Gasteiger partial charge is 0.507 e. The molecule has 2 aromatic heterocycles. The predicted molar refractivity (Wildman–Crippen MR) is 104 cm³/mol. The van der Waals surface area contributed by atoms with Crippen LogP contribution in [0.3, 0.4) is 0 Å². The van der Waals surface area contributed by atoms with Gasteiger partial charge in [0.2, 0.25) is 0 Å². The number of amides is 1. The second-order valence-corrected chi connectivity index (χ2v) is 7.21. The third-order valence-electron chi connectivity index (χ3n) is 4.88. The Morgan fingerprint density at radius 3 is 2.61 bits per heavy atom. The molecule has 0 radical (unpaired) electrons. The summed E-state index contributed by atoms with van der Waals surface area (Å²) in [5.41, 5.74) is 2.25. The maximum Gasteiger partial charge on any atom is 0.295 e. The van der Waals surface area contributed by atoms with Crippen LogP contribution in [0.25, 0.3) is 5.76 Å². The van der Waals surface area contributed by atoms with Gasteiger partial charge >= 0.3 is 0 Å². The Bertz CT molecular complexity index is 898. The average Bonchev–Trinajstić information content (AvgIpc) is 3.12. The molecule has 0 aliphatic carbocycles. The van der Waals surface area contributed by atoms with E-state index >= 15 is 0 Å². The van der Waals surface area contributed by atoms with Crippen molar-refractivity contribution < 1.29 is 14.7 Å². The van der Waals surface area contributed by atoms with Crippen LogP contribution >= 0.6 is 0 Å². The fourth-order valence-electron chi connectivity index (χ4n) is 3.55. The van der Waals surface area contributed by atoms with Gasteiger partial charge in [0.1, 0.15) is 11.8 Å². The molecule has 0 saturated carbocycles. The Labute approximate surface area is 163 Å². The summed E-state index contributed by atoms with van der Waals surface area (Å²) >= 11 is 0. The predicted octanol–water partition coefficient (Wildman–Crippen LogP) is 1.79. The summed E-state index contributed by atoms with van der Waals surface area (Å²) in [7, 11) is 3.91. The first kappa shape index (κ1) is 19.8. The lowest BCUT2D eigenvalue weighted by molar-refractivity contribution is -0.140. The van der Waals surface area contributed by atoms with Crippen LogP contribution in [0.4, 0.5) is 0 Å². The summed E-state index contributed by atoms with van der Waals surface area (Å²) in [6, 6.07) is 4.61. The summed E-state index contributed by atoms with van der Waals surface area (Å²) in [5.74, 6) is -1.53. The lowest BCUT2D eigenvalue weighted by Gasteiger charge is -2.25. The number of aromatic amines is 1. The maximum atomic E-state index is 12.9. The van der Waals surface area contributed by atoms with E-state index in [1.807, 2.05) is 19.0 Å². The average molecular weight is 383 g/mol. The van der Waals surface area contributed by atoms with Crippen LogP contribution in [-0.4, -0.2) is 69.0 Å². The van der Waals surface area contributed by atoms with Gasteiger partial charge in [-0.2, -0.15) is 5.10 Å². The molecular weight excluding hydrogens is 358 g/mol. The first-order chi connectivity index (χ1) is 13.3. The topological polar surface area (TPSA) is 102 Å². The number of rotatable bonds is 6. The van der Waals surface area contributed by atoms with E-state index in [0.717, 1.165) is 6.54 Å². The van der Waals surface area contributed by atoms with Crippen LogP contribution in [0.2, 0.25) is 0 Å². The maximum absolute atomic E-state index is 12.9. The first-order valence-electron chi connectivity index (χ1n) is 9.19. The van der Waals surface area contributed by atoms with Crippen molar-refractivity contribution in [2.45, 2.75) is 26.3 Å². The molecule has 1 fully saturated rings. The number of hydrogen-bond donors (Lipinski definition) is 2. The number of H-pyrrole nitrogens is 1. The summed E-state index contributed by atoms with van der Waals surface area (Å²) in [6.07, 6.45) is 2.32. The van der Waals surface area contributed by atoms with E-state index in [4.69, 9.17) is 0 Å². The Hall–Kier alpha value is -3.00. The van der Waals surface area contributed by atoms with Gasteiger partial charge < -0.3 is 14.9 Å². The minimum absolute atomic E-state index is 0.0566. The SMILES string of the molecule is Cc1n[nH]c(C)c1C(O)=C1C(=O)C(=O)N(CCCN(C)C)[C@H]1c1ccccn1. The molecule has 1 atom stereocenters. The number of aliphatic hydroxyl groups excluding tert-OH is 1. The molecule has 28 heavy (non-hydrogen) atoms. The number of carbonyl (C=O) groups excluding carboxylic acids is 2. The number of aromatic nitrogens is 3. The van der Waals surface area contributed by atoms with Gasteiger partial charge in [0.15, 0.2) is 0 Å². The molecule has 2 aromatic rings. The van der Waals surface area contributed by atoms with Gasteiger partial charge in [-0.3, -0.25) is 19.7 Å². The first-order valence-corrected chi connectivity index (χ1v) is 9.19. The Balaban J connectivity index is 2.10.